The lowest BCUT2D eigenvalue weighted by Crippen LogP contribution is -2.38. The van der Waals surface area contributed by atoms with Crippen LogP contribution >= 0.6 is 0 Å². The van der Waals surface area contributed by atoms with Crippen molar-refractivity contribution >= 4 is 27.5 Å². The van der Waals surface area contributed by atoms with Crippen molar-refractivity contribution < 1.29 is 22.7 Å². The van der Waals surface area contributed by atoms with Gasteiger partial charge in [0.1, 0.15) is 5.75 Å². The molecular weight excluding hydrogens is 442 g/mol. The Balaban J connectivity index is 1.58. The lowest BCUT2D eigenvalue weighted by Gasteiger charge is -2.21. The summed E-state index contributed by atoms with van der Waals surface area (Å²) in [6.07, 6.45) is 5.20. The molecule has 9 heteroatoms. The minimum atomic E-state index is -3.86. The third-order valence-corrected chi connectivity index (χ3v) is 7.66. The number of hydrogen-bond donors (Lipinski definition) is 2. The summed E-state index contributed by atoms with van der Waals surface area (Å²) in [6, 6.07) is 12.6. The Hall–Kier alpha value is -3.07. The summed E-state index contributed by atoms with van der Waals surface area (Å²) in [5.74, 6) is 0.335. The number of rotatable bonds is 9. The number of nitrogens with one attached hydrogen (secondary N) is 2. The number of carbonyl (C=O) groups is 2. The average molecular weight is 474 g/mol. The highest BCUT2D eigenvalue weighted by Crippen LogP contribution is 2.25. The number of nitrogens with zero attached hydrogens (tertiary/aromatic N) is 1. The van der Waals surface area contributed by atoms with Crippen LogP contribution in [0.3, 0.4) is 0 Å². The lowest BCUT2D eigenvalue weighted by atomic mass is 9.89. The number of sulfonamides is 1. The van der Waals surface area contributed by atoms with Crippen LogP contribution < -0.4 is 19.7 Å². The predicted octanol–water partition coefficient (Wildman–Crippen LogP) is 2.95. The van der Waals surface area contributed by atoms with Gasteiger partial charge in [-0.25, -0.2) is 8.42 Å². The van der Waals surface area contributed by atoms with E-state index in [2.05, 4.69) is 10.6 Å². The molecule has 0 aromatic heterocycles. The fraction of sp³-hybridized carbons (Fsp3) is 0.417. The minimum absolute atomic E-state index is 0.0130. The number of ether oxygens (including phenoxy) is 1. The van der Waals surface area contributed by atoms with Crippen molar-refractivity contribution in [1.29, 1.82) is 0 Å². The van der Waals surface area contributed by atoms with Gasteiger partial charge in [-0.2, -0.15) is 0 Å². The molecule has 0 bridgehead atoms. The second-order valence-electron chi connectivity index (χ2n) is 8.08. The van der Waals surface area contributed by atoms with E-state index in [1.807, 2.05) is 0 Å². The second kappa shape index (κ2) is 11.2. The van der Waals surface area contributed by atoms with Crippen molar-refractivity contribution in [3.05, 3.63) is 54.1 Å². The van der Waals surface area contributed by atoms with E-state index in [9.17, 15) is 18.0 Å². The highest BCUT2D eigenvalue weighted by Gasteiger charge is 2.23. The predicted molar refractivity (Wildman–Crippen MR) is 127 cm³/mol. The zero-order valence-electron chi connectivity index (χ0n) is 19.0. The summed E-state index contributed by atoms with van der Waals surface area (Å²) >= 11 is 0. The van der Waals surface area contributed by atoms with E-state index >= 15 is 0 Å². The van der Waals surface area contributed by atoms with Crippen LogP contribution in [0.2, 0.25) is 0 Å². The normalized spacial score (nSPS) is 14.4. The van der Waals surface area contributed by atoms with E-state index in [-0.39, 0.29) is 28.8 Å². The molecule has 0 radical (unpaired) electrons. The first-order chi connectivity index (χ1) is 15.8. The first-order valence-electron chi connectivity index (χ1n) is 11.1. The zero-order chi connectivity index (χ0) is 23.8. The largest absolute Gasteiger partial charge is 0.497 e. The molecule has 1 saturated carbocycles. The van der Waals surface area contributed by atoms with Gasteiger partial charge in [-0.1, -0.05) is 25.3 Å². The summed E-state index contributed by atoms with van der Waals surface area (Å²) in [7, 11) is -0.865. The van der Waals surface area contributed by atoms with Crippen molar-refractivity contribution in [2.45, 2.75) is 37.0 Å². The van der Waals surface area contributed by atoms with E-state index in [4.69, 9.17) is 4.74 Å². The van der Waals surface area contributed by atoms with Crippen molar-refractivity contribution in [3.63, 3.8) is 0 Å². The number of methoxy groups -OCH3 is 1. The molecule has 0 spiro atoms. The number of carbonyl (C=O) groups excluding carboxylic acids is 2. The molecule has 1 aliphatic rings. The summed E-state index contributed by atoms with van der Waals surface area (Å²) in [6.45, 7) is 0.597. The van der Waals surface area contributed by atoms with Crippen LogP contribution in [0.1, 0.15) is 42.5 Å². The monoisotopic (exact) mass is 473 g/mol. The second-order valence-corrected chi connectivity index (χ2v) is 10.0. The molecule has 1 fully saturated rings. The lowest BCUT2D eigenvalue weighted by molar-refractivity contribution is -0.125. The molecule has 2 aromatic rings. The van der Waals surface area contributed by atoms with Crippen molar-refractivity contribution in [1.82, 2.24) is 10.6 Å². The van der Waals surface area contributed by atoms with Gasteiger partial charge in [0, 0.05) is 31.6 Å². The van der Waals surface area contributed by atoms with Crippen molar-refractivity contribution in [2.24, 2.45) is 5.92 Å². The van der Waals surface area contributed by atoms with Crippen LogP contribution in [-0.2, 0) is 14.8 Å². The molecule has 0 saturated heterocycles. The van der Waals surface area contributed by atoms with Gasteiger partial charge in [0.05, 0.1) is 17.7 Å². The Labute approximate surface area is 195 Å². The van der Waals surface area contributed by atoms with Crippen LogP contribution in [0.5, 0.6) is 5.75 Å². The zero-order valence-corrected chi connectivity index (χ0v) is 19.9. The van der Waals surface area contributed by atoms with Crippen molar-refractivity contribution in [2.75, 3.05) is 31.6 Å². The summed E-state index contributed by atoms with van der Waals surface area (Å²) in [5, 5.41) is 5.60. The smallest absolute Gasteiger partial charge is 0.264 e. The van der Waals surface area contributed by atoms with Gasteiger partial charge in [-0.05, 0) is 55.3 Å². The van der Waals surface area contributed by atoms with E-state index < -0.39 is 15.9 Å². The quantitative estimate of drug-likeness (QED) is 0.545. The maximum absolute atomic E-state index is 13.1. The maximum atomic E-state index is 13.1. The number of anilines is 1. The Morgan fingerprint density at radius 3 is 2.33 bits per heavy atom. The number of benzene rings is 2. The molecule has 2 aromatic carbocycles. The Bertz CT molecular complexity index is 1060. The first kappa shape index (κ1) is 24.6. The highest BCUT2D eigenvalue weighted by molar-refractivity contribution is 7.92. The molecule has 0 unspecified atom stereocenters. The average Bonchev–Trinajstić information content (AvgIpc) is 2.86. The van der Waals surface area contributed by atoms with Crippen LogP contribution in [0, 0.1) is 5.92 Å². The SMILES string of the molecule is COc1ccc(N(C)S(=O)(=O)c2cccc(C(=O)NCCNC(=O)C3CCCCC3)c2)cc1. The van der Waals surface area contributed by atoms with Gasteiger partial charge < -0.3 is 15.4 Å². The molecule has 0 atom stereocenters. The van der Waals surface area contributed by atoms with Gasteiger partial charge >= 0.3 is 0 Å². The van der Waals surface area contributed by atoms with E-state index in [1.165, 1.54) is 38.8 Å². The number of hydrogen-bond acceptors (Lipinski definition) is 5. The first-order valence-corrected chi connectivity index (χ1v) is 12.6. The molecule has 2 amide bonds. The Morgan fingerprint density at radius 2 is 1.67 bits per heavy atom. The third-order valence-electron chi connectivity index (χ3n) is 5.88. The van der Waals surface area contributed by atoms with Crippen LogP contribution in [0.4, 0.5) is 5.69 Å². The molecule has 3 rings (SSSR count). The minimum Gasteiger partial charge on any atom is -0.497 e. The molecule has 1 aliphatic carbocycles. The highest BCUT2D eigenvalue weighted by atomic mass is 32.2. The fourth-order valence-corrected chi connectivity index (χ4v) is 5.10. The van der Waals surface area contributed by atoms with Gasteiger partial charge in [0.2, 0.25) is 5.91 Å². The molecule has 0 aliphatic heterocycles. The maximum Gasteiger partial charge on any atom is 0.264 e. The third kappa shape index (κ3) is 6.25. The molecule has 0 heterocycles. The topological polar surface area (TPSA) is 105 Å². The molecule has 2 N–H and O–H groups in total. The standard InChI is InChI=1S/C24H31N3O5S/c1-27(20-11-13-21(32-2)14-12-20)33(30,31)22-10-6-9-19(17-22)24(29)26-16-15-25-23(28)18-7-4-3-5-8-18/h6,9-14,17-18H,3-5,7-8,15-16H2,1-2H3,(H,25,28)(H,26,29). The molecule has 8 nitrogen and oxygen atoms in total. The van der Waals surface area contributed by atoms with E-state index in [1.54, 1.807) is 30.3 Å². The van der Waals surface area contributed by atoms with Crippen LogP contribution in [0.25, 0.3) is 0 Å². The van der Waals surface area contributed by atoms with Gasteiger partial charge in [-0.15, -0.1) is 0 Å². The number of amides is 2. The summed E-state index contributed by atoms with van der Waals surface area (Å²) in [4.78, 5) is 24.7. The van der Waals surface area contributed by atoms with Crippen LogP contribution in [0.15, 0.2) is 53.4 Å². The van der Waals surface area contributed by atoms with E-state index in [0.29, 0.717) is 18.0 Å². The molecule has 178 valence electrons. The van der Waals surface area contributed by atoms with Gasteiger partial charge in [-0.3, -0.25) is 13.9 Å². The molecular formula is C24H31N3O5S. The van der Waals surface area contributed by atoms with Crippen molar-refractivity contribution in [3.8, 4) is 5.75 Å². The summed E-state index contributed by atoms with van der Waals surface area (Å²) in [5.41, 5.74) is 0.706. The summed E-state index contributed by atoms with van der Waals surface area (Å²) < 4.78 is 32.4. The van der Waals surface area contributed by atoms with Crippen LogP contribution in [-0.4, -0.2) is 47.5 Å². The Kier molecular flexibility index (Phi) is 8.32. The van der Waals surface area contributed by atoms with Gasteiger partial charge in [0.25, 0.3) is 15.9 Å². The van der Waals surface area contributed by atoms with E-state index in [0.717, 1.165) is 30.0 Å². The molecule has 33 heavy (non-hydrogen) atoms. The fourth-order valence-electron chi connectivity index (χ4n) is 3.86. The van der Waals surface area contributed by atoms with Gasteiger partial charge in [0.15, 0.2) is 0 Å². The Morgan fingerprint density at radius 1 is 1.00 bits per heavy atom.